The second kappa shape index (κ2) is 10.1. The Balaban J connectivity index is 1.28. The Hall–Kier alpha value is -4.57. The van der Waals surface area contributed by atoms with E-state index in [1.54, 1.807) is 11.8 Å². The first-order chi connectivity index (χ1) is 18.6. The Bertz CT molecular complexity index is 1600. The molecule has 5 heterocycles. The normalized spacial score (nSPS) is 17.7. The van der Waals surface area contributed by atoms with Gasteiger partial charge in [0.2, 0.25) is 0 Å². The Labute approximate surface area is 220 Å². The van der Waals surface area contributed by atoms with Gasteiger partial charge in [0.15, 0.2) is 5.82 Å². The highest BCUT2D eigenvalue weighted by atomic mass is 16.5. The summed E-state index contributed by atoms with van der Waals surface area (Å²) in [5, 5.41) is 17.0. The van der Waals surface area contributed by atoms with Gasteiger partial charge < -0.3 is 10.1 Å². The highest BCUT2D eigenvalue weighted by molar-refractivity contribution is 5.99. The summed E-state index contributed by atoms with van der Waals surface area (Å²) < 4.78 is 10.7. The van der Waals surface area contributed by atoms with Gasteiger partial charge in [-0.2, -0.15) is 15.3 Å². The SMILES string of the molecule is COCCn1ccc(NC2=C/C=C/C3=C(/C=N\2)CCc2nn(C)c(-c4ccc(-c5cnn(C)c5)nc4)c23)n1. The minimum atomic E-state index is 0.616. The predicted molar refractivity (Wildman–Crippen MR) is 147 cm³/mol. The summed E-state index contributed by atoms with van der Waals surface area (Å²) >= 11 is 0. The van der Waals surface area contributed by atoms with Crippen LogP contribution >= 0.6 is 0 Å². The summed E-state index contributed by atoms with van der Waals surface area (Å²) in [7, 11) is 5.59. The van der Waals surface area contributed by atoms with Gasteiger partial charge in [-0.3, -0.25) is 19.0 Å². The van der Waals surface area contributed by atoms with E-state index in [0.29, 0.717) is 13.2 Å². The smallest absolute Gasteiger partial charge is 0.153 e. The zero-order valence-electron chi connectivity index (χ0n) is 21.7. The maximum absolute atomic E-state index is 5.13. The lowest BCUT2D eigenvalue weighted by Crippen LogP contribution is -2.08. The fourth-order valence-electron chi connectivity index (χ4n) is 4.87. The molecule has 192 valence electrons. The number of nitrogens with one attached hydrogen (secondary N) is 1. The fourth-order valence-corrected chi connectivity index (χ4v) is 4.87. The minimum absolute atomic E-state index is 0.616. The van der Waals surface area contributed by atoms with Crippen LogP contribution in [-0.4, -0.2) is 54.3 Å². The lowest BCUT2D eigenvalue weighted by Gasteiger charge is -2.18. The van der Waals surface area contributed by atoms with Gasteiger partial charge in [0.05, 0.1) is 36.4 Å². The fraction of sp³-hybridized carbons (Fsp3) is 0.250. The molecular weight excluding hydrogens is 478 g/mol. The van der Waals surface area contributed by atoms with E-state index >= 15 is 0 Å². The van der Waals surface area contributed by atoms with Crippen LogP contribution in [0.15, 0.2) is 77.6 Å². The number of pyridine rings is 1. The number of ether oxygens (including phenoxy) is 1. The topological polar surface area (TPSA) is 100.0 Å². The van der Waals surface area contributed by atoms with Gasteiger partial charge in [-0.25, -0.2) is 4.99 Å². The number of nitrogens with zero attached hydrogens (tertiary/aromatic N) is 8. The van der Waals surface area contributed by atoms with Crippen molar-refractivity contribution in [3.63, 3.8) is 0 Å². The minimum Gasteiger partial charge on any atom is -0.383 e. The summed E-state index contributed by atoms with van der Waals surface area (Å²) in [4.78, 5) is 9.48. The quantitative estimate of drug-likeness (QED) is 0.406. The molecular formula is C28H29N9O. The molecule has 0 aromatic carbocycles. The Morgan fingerprint density at radius 2 is 1.97 bits per heavy atom. The van der Waals surface area contributed by atoms with Crippen LogP contribution in [0.2, 0.25) is 0 Å². The number of methoxy groups -OCH3 is 1. The van der Waals surface area contributed by atoms with Crippen LogP contribution in [0.4, 0.5) is 5.82 Å². The largest absolute Gasteiger partial charge is 0.383 e. The maximum Gasteiger partial charge on any atom is 0.153 e. The molecule has 0 spiro atoms. The maximum atomic E-state index is 5.13. The first kappa shape index (κ1) is 23.8. The molecule has 6 rings (SSSR count). The van der Waals surface area contributed by atoms with E-state index in [4.69, 9.17) is 19.8 Å². The number of allylic oxidation sites excluding steroid dienone is 5. The Morgan fingerprint density at radius 1 is 1.05 bits per heavy atom. The van der Waals surface area contributed by atoms with E-state index in [1.807, 2.05) is 78.7 Å². The molecule has 0 unspecified atom stereocenters. The van der Waals surface area contributed by atoms with Crippen molar-refractivity contribution < 1.29 is 4.74 Å². The van der Waals surface area contributed by atoms with Crippen molar-refractivity contribution in [3.8, 4) is 22.5 Å². The summed E-state index contributed by atoms with van der Waals surface area (Å²) in [5.41, 5.74) is 8.54. The molecule has 1 N–H and O–H groups in total. The van der Waals surface area contributed by atoms with Crippen molar-refractivity contribution in [2.45, 2.75) is 19.4 Å². The zero-order valence-corrected chi connectivity index (χ0v) is 21.7. The average molecular weight is 508 g/mol. The van der Waals surface area contributed by atoms with Gasteiger partial charge in [-0.05, 0) is 42.2 Å². The number of rotatable bonds is 7. The van der Waals surface area contributed by atoms with Crippen LogP contribution in [0.25, 0.3) is 28.1 Å². The highest BCUT2D eigenvalue weighted by Crippen LogP contribution is 2.39. The summed E-state index contributed by atoms with van der Waals surface area (Å²) in [6.07, 6.45) is 17.5. The van der Waals surface area contributed by atoms with Crippen molar-refractivity contribution in [1.29, 1.82) is 0 Å². The third kappa shape index (κ3) is 4.61. The predicted octanol–water partition coefficient (Wildman–Crippen LogP) is 4.02. The van der Waals surface area contributed by atoms with Gasteiger partial charge in [0, 0.05) is 68.8 Å². The number of aliphatic imine (C=N–C) groups is 1. The Kier molecular flexibility index (Phi) is 6.30. The second-order valence-electron chi connectivity index (χ2n) is 9.32. The molecule has 0 fully saturated rings. The molecule has 1 aliphatic heterocycles. The number of aromatic nitrogens is 7. The Morgan fingerprint density at radius 3 is 2.76 bits per heavy atom. The number of hydrogen-bond donors (Lipinski definition) is 1. The molecule has 0 radical (unpaired) electrons. The van der Waals surface area contributed by atoms with E-state index in [-0.39, 0.29) is 0 Å². The van der Waals surface area contributed by atoms with Crippen molar-refractivity contribution in [1.82, 2.24) is 34.3 Å². The van der Waals surface area contributed by atoms with Crippen LogP contribution in [0.3, 0.4) is 0 Å². The molecule has 1 aliphatic carbocycles. The van der Waals surface area contributed by atoms with Gasteiger partial charge in [0.25, 0.3) is 0 Å². The summed E-state index contributed by atoms with van der Waals surface area (Å²) in [5.74, 6) is 1.48. The molecule has 0 bridgehead atoms. The molecule has 0 amide bonds. The number of fused-ring (bicyclic) bond motifs is 2. The third-order valence-electron chi connectivity index (χ3n) is 6.70. The monoisotopic (exact) mass is 507 g/mol. The molecule has 4 aromatic rings. The average Bonchev–Trinajstić information content (AvgIpc) is 3.63. The lowest BCUT2D eigenvalue weighted by molar-refractivity contribution is 0.183. The summed E-state index contributed by atoms with van der Waals surface area (Å²) in [6.45, 7) is 1.32. The van der Waals surface area contributed by atoms with E-state index in [1.165, 1.54) is 5.57 Å². The third-order valence-corrected chi connectivity index (χ3v) is 6.70. The second-order valence-corrected chi connectivity index (χ2v) is 9.32. The van der Waals surface area contributed by atoms with Crippen LogP contribution in [-0.2, 0) is 31.8 Å². The summed E-state index contributed by atoms with van der Waals surface area (Å²) in [6, 6.07) is 6.08. The van der Waals surface area contributed by atoms with E-state index in [0.717, 1.165) is 63.8 Å². The number of hydrogen-bond acceptors (Lipinski definition) is 7. The lowest BCUT2D eigenvalue weighted by atomic mass is 9.87. The van der Waals surface area contributed by atoms with E-state index in [2.05, 4.69) is 27.7 Å². The highest BCUT2D eigenvalue weighted by Gasteiger charge is 2.26. The molecule has 0 saturated heterocycles. The first-order valence-corrected chi connectivity index (χ1v) is 12.6. The van der Waals surface area contributed by atoms with Crippen LogP contribution in [0.5, 0.6) is 0 Å². The zero-order chi connectivity index (χ0) is 26.1. The van der Waals surface area contributed by atoms with Crippen molar-refractivity contribution >= 4 is 17.6 Å². The van der Waals surface area contributed by atoms with Crippen molar-refractivity contribution in [2.24, 2.45) is 19.1 Å². The van der Waals surface area contributed by atoms with Gasteiger partial charge >= 0.3 is 0 Å². The van der Waals surface area contributed by atoms with Crippen LogP contribution < -0.4 is 5.32 Å². The number of aryl methyl sites for hydroxylation is 3. The van der Waals surface area contributed by atoms with E-state index < -0.39 is 0 Å². The van der Waals surface area contributed by atoms with Gasteiger partial charge in [0.1, 0.15) is 5.82 Å². The van der Waals surface area contributed by atoms with Gasteiger partial charge in [-0.1, -0.05) is 12.2 Å². The van der Waals surface area contributed by atoms with Crippen molar-refractivity contribution in [3.05, 3.63) is 83.9 Å². The molecule has 0 atom stereocenters. The van der Waals surface area contributed by atoms with Gasteiger partial charge in [-0.15, -0.1) is 0 Å². The van der Waals surface area contributed by atoms with E-state index in [9.17, 15) is 0 Å². The standard InChI is InChI=1S/C28H29N9O/c1-35-18-21(17-31-35)23-9-8-20(16-29-23)28-27-22-5-4-6-25(32-26-11-12-37(34-26)13-14-38-3)30-15-19(22)7-10-24(27)33-36(28)2/h4-6,8-9,11-12,15-18H,7,10,13-14H2,1-3H3,(H,30,32,34). The molecule has 38 heavy (non-hydrogen) atoms. The molecule has 0 saturated carbocycles. The molecule has 4 aromatic heterocycles. The molecule has 10 nitrogen and oxygen atoms in total. The van der Waals surface area contributed by atoms with Crippen LogP contribution in [0.1, 0.15) is 17.7 Å². The van der Waals surface area contributed by atoms with Crippen molar-refractivity contribution in [2.75, 3.05) is 19.0 Å². The number of anilines is 1. The molecule has 2 aliphatic rings. The first-order valence-electron chi connectivity index (χ1n) is 12.6. The molecule has 10 heteroatoms. The van der Waals surface area contributed by atoms with Crippen LogP contribution in [0, 0.1) is 0 Å².